The van der Waals surface area contributed by atoms with Gasteiger partial charge in [-0.25, -0.2) is 0 Å². The molecule has 2 heterocycles. The van der Waals surface area contributed by atoms with Gasteiger partial charge in [0.1, 0.15) is 0 Å². The molecule has 0 bridgehead atoms. The molecule has 0 N–H and O–H groups in total. The van der Waals surface area contributed by atoms with Crippen LogP contribution in [0.2, 0.25) is 0 Å². The molecule has 116 valence electrons. The molecule has 0 unspecified atom stereocenters. The molecule has 7 heteroatoms. The van der Waals surface area contributed by atoms with E-state index in [1.807, 2.05) is 36.1 Å². The molecule has 1 amide bonds. The summed E-state index contributed by atoms with van der Waals surface area (Å²) in [6.07, 6.45) is 0. The predicted molar refractivity (Wildman–Crippen MR) is 81.9 cm³/mol. The highest BCUT2D eigenvalue weighted by Crippen LogP contribution is 2.14. The molecule has 1 aromatic heterocycles. The Morgan fingerprint density at radius 3 is 2.64 bits per heavy atom. The normalized spacial score (nSPS) is 16.0. The van der Waals surface area contributed by atoms with Crippen LogP contribution >= 0.6 is 0 Å². The average Bonchev–Trinajstić information content (AvgIpc) is 3.00. The molecule has 1 aliphatic heterocycles. The maximum Gasteiger partial charge on any atom is 0.254 e. The fraction of sp³-hybridized carbons (Fsp3) is 0.467. The second-order valence-corrected chi connectivity index (χ2v) is 5.41. The summed E-state index contributed by atoms with van der Waals surface area (Å²) >= 11 is 0. The zero-order chi connectivity index (χ0) is 15.5. The van der Waals surface area contributed by atoms with Gasteiger partial charge in [0.2, 0.25) is 0 Å². The Bertz CT molecular complexity index is 660. The van der Waals surface area contributed by atoms with Crippen LogP contribution in [0.25, 0.3) is 5.69 Å². The summed E-state index contributed by atoms with van der Waals surface area (Å²) < 4.78 is 1.63. The average molecular weight is 300 g/mol. The number of piperazine rings is 1. The molecule has 1 aliphatic rings. The van der Waals surface area contributed by atoms with Crippen molar-refractivity contribution in [1.82, 2.24) is 30.0 Å². The smallest absolute Gasteiger partial charge is 0.254 e. The van der Waals surface area contributed by atoms with E-state index in [-0.39, 0.29) is 5.91 Å². The lowest BCUT2D eigenvalue weighted by Crippen LogP contribution is -2.48. The van der Waals surface area contributed by atoms with E-state index >= 15 is 0 Å². The molecule has 1 saturated heterocycles. The fourth-order valence-electron chi connectivity index (χ4n) is 2.69. The quantitative estimate of drug-likeness (QED) is 0.837. The Morgan fingerprint density at radius 1 is 1.23 bits per heavy atom. The minimum atomic E-state index is 0.0725. The number of hydrogen-bond donors (Lipinski definition) is 0. The van der Waals surface area contributed by atoms with Crippen LogP contribution in [0, 0.1) is 6.92 Å². The predicted octanol–water partition coefficient (Wildman–Crippen LogP) is 0.748. The molecule has 22 heavy (non-hydrogen) atoms. The Morgan fingerprint density at radius 2 is 2.00 bits per heavy atom. The molecule has 0 radical (unpaired) electrons. The summed E-state index contributed by atoms with van der Waals surface area (Å²) in [6.45, 7) is 8.45. The third kappa shape index (κ3) is 2.85. The summed E-state index contributed by atoms with van der Waals surface area (Å²) in [4.78, 5) is 16.9. The van der Waals surface area contributed by atoms with Crippen molar-refractivity contribution in [3.63, 3.8) is 0 Å². The monoisotopic (exact) mass is 300 g/mol. The second-order valence-electron chi connectivity index (χ2n) is 5.41. The van der Waals surface area contributed by atoms with E-state index < -0.39 is 0 Å². The molecular formula is C15H20N6O. The standard InChI is InChI=1S/C15H20N6O/c1-3-19-7-9-20(10-8-19)15(22)13-5-4-6-14(11-13)21-12(2)16-17-18-21/h4-6,11H,3,7-10H2,1-2H3. The van der Waals surface area contributed by atoms with Gasteiger partial charge in [-0.15, -0.1) is 5.10 Å². The highest BCUT2D eigenvalue weighted by molar-refractivity contribution is 5.94. The topological polar surface area (TPSA) is 67.2 Å². The number of carbonyl (C=O) groups excluding carboxylic acids is 1. The highest BCUT2D eigenvalue weighted by atomic mass is 16.2. The summed E-state index contributed by atoms with van der Waals surface area (Å²) in [5, 5.41) is 11.5. The third-order valence-corrected chi connectivity index (χ3v) is 4.07. The Kier molecular flexibility index (Phi) is 4.15. The molecule has 0 saturated carbocycles. The van der Waals surface area contributed by atoms with Gasteiger partial charge in [-0.2, -0.15) is 4.68 Å². The lowest BCUT2D eigenvalue weighted by molar-refractivity contribution is 0.0643. The van der Waals surface area contributed by atoms with Crippen LogP contribution < -0.4 is 0 Å². The minimum absolute atomic E-state index is 0.0725. The van der Waals surface area contributed by atoms with E-state index in [9.17, 15) is 4.79 Å². The number of aromatic nitrogens is 4. The molecule has 0 atom stereocenters. The molecule has 3 rings (SSSR count). The van der Waals surface area contributed by atoms with Crippen molar-refractivity contribution < 1.29 is 4.79 Å². The number of nitrogens with zero attached hydrogens (tertiary/aromatic N) is 6. The first kappa shape index (κ1) is 14.6. The van der Waals surface area contributed by atoms with E-state index in [0.29, 0.717) is 11.4 Å². The van der Waals surface area contributed by atoms with Crippen molar-refractivity contribution in [1.29, 1.82) is 0 Å². The first-order chi connectivity index (χ1) is 10.7. The van der Waals surface area contributed by atoms with Crippen molar-refractivity contribution in [3.8, 4) is 5.69 Å². The Labute approximate surface area is 129 Å². The van der Waals surface area contributed by atoms with Crippen molar-refractivity contribution in [2.75, 3.05) is 32.7 Å². The van der Waals surface area contributed by atoms with Crippen molar-refractivity contribution in [2.45, 2.75) is 13.8 Å². The molecule has 1 fully saturated rings. The maximum atomic E-state index is 12.6. The lowest BCUT2D eigenvalue weighted by atomic mass is 10.1. The lowest BCUT2D eigenvalue weighted by Gasteiger charge is -2.34. The van der Waals surface area contributed by atoms with Crippen LogP contribution in [0.4, 0.5) is 0 Å². The molecule has 1 aromatic carbocycles. The van der Waals surface area contributed by atoms with E-state index in [0.717, 1.165) is 38.4 Å². The molecule has 0 spiro atoms. The van der Waals surface area contributed by atoms with E-state index in [1.54, 1.807) is 4.68 Å². The van der Waals surface area contributed by atoms with Gasteiger partial charge >= 0.3 is 0 Å². The molecule has 7 nitrogen and oxygen atoms in total. The number of tetrazole rings is 1. The first-order valence-electron chi connectivity index (χ1n) is 7.56. The van der Waals surface area contributed by atoms with Crippen LogP contribution in [0.1, 0.15) is 23.1 Å². The van der Waals surface area contributed by atoms with Crippen molar-refractivity contribution >= 4 is 5.91 Å². The van der Waals surface area contributed by atoms with Gasteiger partial charge in [-0.05, 0) is 42.1 Å². The summed E-state index contributed by atoms with van der Waals surface area (Å²) in [6, 6.07) is 7.46. The summed E-state index contributed by atoms with van der Waals surface area (Å²) in [5.41, 5.74) is 1.48. The van der Waals surface area contributed by atoms with E-state index in [4.69, 9.17) is 0 Å². The number of aryl methyl sites for hydroxylation is 1. The van der Waals surface area contributed by atoms with E-state index in [1.165, 1.54) is 0 Å². The third-order valence-electron chi connectivity index (χ3n) is 4.07. The number of carbonyl (C=O) groups is 1. The minimum Gasteiger partial charge on any atom is -0.336 e. The first-order valence-corrected chi connectivity index (χ1v) is 7.56. The van der Waals surface area contributed by atoms with Crippen LogP contribution in [0.15, 0.2) is 24.3 Å². The number of rotatable bonds is 3. The van der Waals surface area contributed by atoms with Crippen LogP contribution in [-0.2, 0) is 0 Å². The van der Waals surface area contributed by atoms with Gasteiger partial charge < -0.3 is 9.80 Å². The molecule has 2 aromatic rings. The van der Waals surface area contributed by atoms with Gasteiger partial charge in [-0.3, -0.25) is 4.79 Å². The van der Waals surface area contributed by atoms with Gasteiger partial charge in [0.05, 0.1) is 5.69 Å². The van der Waals surface area contributed by atoms with Gasteiger partial charge in [0.25, 0.3) is 5.91 Å². The van der Waals surface area contributed by atoms with Crippen LogP contribution in [-0.4, -0.2) is 68.6 Å². The molecule has 0 aliphatic carbocycles. The zero-order valence-electron chi connectivity index (χ0n) is 12.9. The van der Waals surface area contributed by atoms with Gasteiger partial charge in [-0.1, -0.05) is 13.0 Å². The number of hydrogen-bond acceptors (Lipinski definition) is 5. The Hall–Kier alpha value is -2.28. The van der Waals surface area contributed by atoms with Crippen molar-refractivity contribution in [3.05, 3.63) is 35.7 Å². The number of amides is 1. The zero-order valence-corrected chi connectivity index (χ0v) is 12.9. The largest absolute Gasteiger partial charge is 0.336 e. The van der Waals surface area contributed by atoms with Crippen LogP contribution in [0.5, 0.6) is 0 Å². The van der Waals surface area contributed by atoms with Crippen molar-refractivity contribution in [2.24, 2.45) is 0 Å². The van der Waals surface area contributed by atoms with Gasteiger partial charge in [0, 0.05) is 31.7 Å². The number of likely N-dealkylation sites (N-methyl/N-ethyl adjacent to an activating group) is 1. The fourth-order valence-corrected chi connectivity index (χ4v) is 2.69. The summed E-state index contributed by atoms with van der Waals surface area (Å²) in [5.74, 6) is 0.768. The Balaban J connectivity index is 1.78. The SMILES string of the molecule is CCN1CCN(C(=O)c2cccc(-n3nnnc3C)c2)CC1. The second kappa shape index (κ2) is 6.23. The highest BCUT2D eigenvalue weighted by Gasteiger charge is 2.21. The van der Waals surface area contributed by atoms with Gasteiger partial charge in [0.15, 0.2) is 5.82 Å². The summed E-state index contributed by atoms with van der Waals surface area (Å²) in [7, 11) is 0. The maximum absolute atomic E-state index is 12.6. The van der Waals surface area contributed by atoms with Crippen LogP contribution in [0.3, 0.4) is 0 Å². The molecular weight excluding hydrogens is 280 g/mol. The van der Waals surface area contributed by atoms with E-state index in [2.05, 4.69) is 27.3 Å². The number of benzene rings is 1.